The van der Waals surface area contributed by atoms with Gasteiger partial charge in [-0.05, 0) is 52.0 Å². The van der Waals surface area contributed by atoms with Crippen molar-refractivity contribution in [1.82, 2.24) is 0 Å². The molecule has 0 aliphatic heterocycles. The van der Waals surface area contributed by atoms with Crippen LogP contribution in [0.4, 0.5) is 0 Å². The Hall–Kier alpha value is 1.43. The average molecular weight is 473 g/mol. The molecule has 0 bridgehead atoms. The van der Waals surface area contributed by atoms with Crippen molar-refractivity contribution in [2.24, 2.45) is 0 Å². The highest BCUT2D eigenvalue weighted by Crippen LogP contribution is 2.16. The lowest BCUT2D eigenvalue weighted by atomic mass is 10.1. The van der Waals surface area contributed by atoms with E-state index in [1.165, 1.54) is 120 Å². The van der Waals surface area contributed by atoms with Gasteiger partial charge in [-0.1, -0.05) is 99.3 Å². The van der Waals surface area contributed by atoms with Crippen molar-refractivity contribution in [1.29, 1.82) is 0 Å². The fourth-order valence-corrected chi connectivity index (χ4v) is 5.13. The Balaban J connectivity index is 2.92. The monoisotopic (exact) mass is 472 g/mol. The Morgan fingerprint density at radius 3 is 1.22 bits per heavy atom. The van der Waals surface area contributed by atoms with Gasteiger partial charge in [0.15, 0.2) is 0 Å². The van der Waals surface area contributed by atoms with Gasteiger partial charge in [0.1, 0.15) is 0 Å². The molecule has 0 fully saturated rings. The molecule has 3 heteroatoms. The second-order valence-electron chi connectivity index (χ2n) is 6.73. The molecule has 0 rings (SSSR count). The number of rotatable bonds is 20. The van der Waals surface area contributed by atoms with E-state index in [2.05, 4.69) is 39.9 Å². The summed E-state index contributed by atoms with van der Waals surface area (Å²) >= 11 is 4.61. The van der Waals surface area contributed by atoms with Gasteiger partial charge in [0, 0.05) is 5.75 Å². The molecule has 23 heavy (non-hydrogen) atoms. The minimum Gasteiger partial charge on any atom is -0.162 e. The Morgan fingerprint density at radius 1 is 0.478 bits per heavy atom. The molecule has 140 valence electrons. The standard InChI is InChI=1S/C20H41IS2/c1-2-3-4-5-6-7-9-12-15-18-22-19-16-13-10-8-11-14-17-20-23-21/h2-20H2,1H3. The summed E-state index contributed by atoms with van der Waals surface area (Å²) in [6, 6.07) is 0. The lowest BCUT2D eigenvalue weighted by Gasteiger charge is -2.04. The van der Waals surface area contributed by atoms with E-state index in [9.17, 15) is 0 Å². The van der Waals surface area contributed by atoms with Crippen LogP contribution < -0.4 is 0 Å². The molecule has 0 N–H and O–H groups in total. The van der Waals surface area contributed by atoms with Crippen molar-refractivity contribution in [3.8, 4) is 0 Å². The molecule has 0 saturated heterocycles. The molecule has 0 nitrogen and oxygen atoms in total. The zero-order valence-corrected chi connectivity index (χ0v) is 19.4. The molecular weight excluding hydrogens is 431 g/mol. The average Bonchev–Trinajstić information content (AvgIpc) is 2.57. The Morgan fingerprint density at radius 2 is 0.826 bits per heavy atom. The number of hydrogen-bond acceptors (Lipinski definition) is 2. The maximum Gasteiger partial charge on any atom is 0.00334 e. The molecule has 0 radical (unpaired) electrons. The van der Waals surface area contributed by atoms with Gasteiger partial charge >= 0.3 is 0 Å². The van der Waals surface area contributed by atoms with Crippen LogP contribution in [0.5, 0.6) is 0 Å². The van der Waals surface area contributed by atoms with Gasteiger partial charge in [-0.3, -0.25) is 0 Å². The van der Waals surface area contributed by atoms with E-state index in [4.69, 9.17) is 0 Å². The zero-order valence-electron chi connectivity index (χ0n) is 15.6. The van der Waals surface area contributed by atoms with E-state index >= 15 is 0 Å². The van der Waals surface area contributed by atoms with Gasteiger partial charge in [0.05, 0.1) is 0 Å². The van der Waals surface area contributed by atoms with E-state index in [0.717, 1.165) is 0 Å². The number of hydrogen-bond donors (Lipinski definition) is 0. The first-order chi connectivity index (χ1) is 11.4. The first-order valence-corrected chi connectivity index (χ1v) is 14.9. The SMILES string of the molecule is CCCCCCCCCCCSCCCCCCCCCSI. The van der Waals surface area contributed by atoms with Crippen LogP contribution in [-0.4, -0.2) is 17.3 Å². The summed E-state index contributed by atoms with van der Waals surface area (Å²) in [6.45, 7) is 2.30. The Bertz CT molecular complexity index is 180. The maximum absolute atomic E-state index is 2.41. The van der Waals surface area contributed by atoms with Crippen LogP contribution in [0.25, 0.3) is 0 Å². The highest BCUT2D eigenvalue weighted by Gasteiger charge is 1.95. The fourth-order valence-electron chi connectivity index (χ4n) is 2.86. The van der Waals surface area contributed by atoms with E-state index in [1.807, 2.05) is 8.93 Å². The third-order valence-corrected chi connectivity index (χ3v) is 7.32. The van der Waals surface area contributed by atoms with Crippen LogP contribution in [0.15, 0.2) is 0 Å². The molecule has 0 atom stereocenters. The van der Waals surface area contributed by atoms with Crippen LogP contribution in [0.2, 0.25) is 0 Å². The molecule has 0 spiro atoms. The van der Waals surface area contributed by atoms with E-state index in [0.29, 0.717) is 0 Å². The maximum atomic E-state index is 2.41. The number of thioether (sulfide) groups is 1. The predicted molar refractivity (Wildman–Crippen MR) is 123 cm³/mol. The van der Waals surface area contributed by atoms with E-state index in [-0.39, 0.29) is 0 Å². The van der Waals surface area contributed by atoms with Crippen molar-refractivity contribution < 1.29 is 0 Å². The quantitative estimate of drug-likeness (QED) is 0.128. The van der Waals surface area contributed by atoms with Crippen molar-refractivity contribution in [2.75, 3.05) is 17.3 Å². The molecule has 0 amide bonds. The Labute approximate surface area is 168 Å². The molecular formula is C20H41IS2. The molecule has 0 aliphatic rings. The topological polar surface area (TPSA) is 0 Å². The molecule has 0 aromatic heterocycles. The van der Waals surface area contributed by atoms with Crippen LogP contribution in [-0.2, 0) is 0 Å². The van der Waals surface area contributed by atoms with Crippen molar-refractivity contribution >= 4 is 41.9 Å². The largest absolute Gasteiger partial charge is 0.162 e. The normalized spacial score (nSPS) is 11.2. The Kier molecular flexibility index (Phi) is 24.9. The van der Waals surface area contributed by atoms with Crippen LogP contribution in [0.3, 0.4) is 0 Å². The third-order valence-electron chi connectivity index (χ3n) is 4.40. The molecule has 0 aromatic rings. The summed E-state index contributed by atoms with van der Waals surface area (Å²) in [7, 11) is 1.96. The highest BCUT2D eigenvalue weighted by molar-refractivity contribution is 14.2. The van der Waals surface area contributed by atoms with Crippen LogP contribution in [0, 0.1) is 0 Å². The minimum absolute atomic E-state index is 1.34. The summed E-state index contributed by atoms with van der Waals surface area (Å²) in [4.78, 5) is 0. The number of unbranched alkanes of at least 4 members (excludes halogenated alkanes) is 14. The molecule has 0 saturated carbocycles. The van der Waals surface area contributed by atoms with Gasteiger partial charge < -0.3 is 0 Å². The number of halogens is 1. The van der Waals surface area contributed by atoms with Gasteiger partial charge in [-0.15, -0.1) is 0 Å². The summed E-state index contributed by atoms with van der Waals surface area (Å²) in [5, 5.41) is 0. The molecule has 0 unspecified atom stereocenters. The van der Waals surface area contributed by atoms with Crippen molar-refractivity contribution in [2.45, 2.75) is 110 Å². The summed E-state index contributed by atoms with van der Waals surface area (Å²) in [6.07, 6.45) is 23.3. The fraction of sp³-hybridized carbons (Fsp3) is 1.00. The first-order valence-electron chi connectivity index (χ1n) is 10.2. The third kappa shape index (κ3) is 23.4. The minimum atomic E-state index is 1.34. The van der Waals surface area contributed by atoms with Crippen LogP contribution in [0.1, 0.15) is 110 Å². The smallest absolute Gasteiger partial charge is 0.00334 e. The zero-order chi connectivity index (χ0) is 16.8. The lowest BCUT2D eigenvalue weighted by Crippen LogP contribution is -1.87. The van der Waals surface area contributed by atoms with Gasteiger partial charge in [-0.25, -0.2) is 0 Å². The lowest BCUT2D eigenvalue weighted by molar-refractivity contribution is 0.573. The molecule has 0 aliphatic carbocycles. The van der Waals surface area contributed by atoms with Gasteiger partial charge in [0.2, 0.25) is 0 Å². The van der Waals surface area contributed by atoms with Gasteiger partial charge in [0.25, 0.3) is 0 Å². The van der Waals surface area contributed by atoms with Crippen molar-refractivity contribution in [3.63, 3.8) is 0 Å². The summed E-state index contributed by atoms with van der Waals surface area (Å²) in [5.74, 6) is 4.16. The first kappa shape index (κ1) is 24.4. The highest BCUT2D eigenvalue weighted by atomic mass is 127. The van der Waals surface area contributed by atoms with Crippen molar-refractivity contribution in [3.05, 3.63) is 0 Å². The van der Waals surface area contributed by atoms with Gasteiger partial charge in [-0.2, -0.15) is 11.8 Å². The second kappa shape index (κ2) is 23.4. The summed E-state index contributed by atoms with van der Waals surface area (Å²) < 4.78 is 0. The van der Waals surface area contributed by atoms with Crippen LogP contribution >= 0.6 is 41.9 Å². The van der Waals surface area contributed by atoms with E-state index < -0.39 is 0 Å². The molecule has 0 aromatic carbocycles. The predicted octanol–water partition coefficient (Wildman–Crippen LogP) is 9.06. The second-order valence-corrected chi connectivity index (χ2v) is 10.4. The molecule has 0 heterocycles. The van der Waals surface area contributed by atoms with E-state index in [1.54, 1.807) is 0 Å². The summed E-state index contributed by atoms with van der Waals surface area (Å²) in [5.41, 5.74) is 0.